The van der Waals surface area contributed by atoms with Crippen molar-refractivity contribution in [3.8, 4) is 5.75 Å². The molecule has 0 bridgehead atoms. The lowest BCUT2D eigenvalue weighted by atomic mass is 10.2. The first-order chi connectivity index (χ1) is 9.27. The quantitative estimate of drug-likeness (QED) is 0.734. The summed E-state index contributed by atoms with van der Waals surface area (Å²) < 4.78 is 27.0. The number of hydrogen-bond acceptors (Lipinski definition) is 5. The highest BCUT2D eigenvalue weighted by Crippen LogP contribution is 2.21. The lowest BCUT2D eigenvalue weighted by Crippen LogP contribution is -2.13. The molecule has 1 aromatic carbocycles. The highest BCUT2D eigenvalue weighted by Gasteiger charge is 2.18. The Morgan fingerprint density at radius 2 is 2.00 bits per heavy atom. The second kappa shape index (κ2) is 4.99. The number of aryl methyl sites for hydroxylation is 1. The highest BCUT2D eigenvalue weighted by molar-refractivity contribution is 7.89. The van der Waals surface area contributed by atoms with Gasteiger partial charge >= 0.3 is 0 Å². The van der Waals surface area contributed by atoms with Crippen LogP contribution in [0.5, 0.6) is 5.75 Å². The Morgan fingerprint density at radius 1 is 1.30 bits per heavy atom. The van der Waals surface area contributed by atoms with Crippen LogP contribution in [0, 0.1) is 6.92 Å². The number of primary sulfonamides is 1. The molecule has 0 saturated carbocycles. The first-order valence-corrected chi connectivity index (χ1v) is 7.05. The Labute approximate surface area is 115 Å². The molecule has 0 spiro atoms. The Balaban J connectivity index is 2.22. The van der Waals surface area contributed by atoms with E-state index in [1.54, 1.807) is 6.92 Å². The molecule has 1 amide bonds. The molecule has 0 aliphatic heterocycles. The maximum Gasteiger partial charge on any atom is 0.291 e. The van der Waals surface area contributed by atoms with Crippen LogP contribution < -0.4 is 10.5 Å². The van der Waals surface area contributed by atoms with Gasteiger partial charge in [-0.25, -0.2) is 13.6 Å². The Morgan fingerprint density at radius 3 is 2.55 bits per heavy atom. The summed E-state index contributed by atoms with van der Waals surface area (Å²) in [6.45, 7) is 1.70. The lowest BCUT2D eigenvalue weighted by Gasteiger charge is -2.07. The average Bonchev–Trinajstić information content (AvgIpc) is 2.82. The van der Waals surface area contributed by atoms with E-state index in [4.69, 9.17) is 9.56 Å². The van der Waals surface area contributed by atoms with E-state index in [9.17, 15) is 18.3 Å². The van der Waals surface area contributed by atoms with E-state index in [-0.39, 0.29) is 11.5 Å². The second-order valence-electron chi connectivity index (χ2n) is 4.12. The molecule has 4 N–H and O–H groups in total. The van der Waals surface area contributed by atoms with Crippen LogP contribution in [-0.4, -0.2) is 19.4 Å². The van der Waals surface area contributed by atoms with Gasteiger partial charge in [-0.3, -0.25) is 4.79 Å². The molecule has 8 heteroatoms. The number of furan rings is 1. The SMILES string of the molecule is Cc1cc(O)ccc1NC(=O)c1ccc(S(N)(=O)=O)o1. The molecule has 1 aromatic heterocycles. The smallest absolute Gasteiger partial charge is 0.291 e. The summed E-state index contributed by atoms with van der Waals surface area (Å²) in [6, 6.07) is 6.74. The number of carbonyl (C=O) groups excluding carboxylic acids is 1. The molecule has 2 rings (SSSR count). The number of anilines is 1. The minimum absolute atomic E-state index is 0.0787. The Kier molecular flexibility index (Phi) is 3.51. The molecule has 0 aliphatic rings. The van der Waals surface area contributed by atoms with Crippen LogP contribution in [0.25, 0.3) is 0 Å². The van der Waals surface area contributed by atoms with Crippen LogP contribution in [0.3, 0.4) is 0 Å². The minimum Gasteiger partial charge on any atom is -0.508 e. The van der Waals surface area contributed by atoms with Gasteiger partial charge < -0.3 is 14.8 Å². The summed E-state index contributed by atoms with van der Waals surface area (Å²) >= 11 is 0. The summed E-state index contributed by atoms with van der Waals surface area (Å²) in [5.74, 6) is -0.717. The molecular weight excluding hydrogens is 284 g/mol. The molecule has 0 aliphatic carbocycles. The lowest BCUT2D eigenvalue weighted by molar-refractivity contribution is 0.0991. The third-order valence-corrected chi connectivity index (χ3v) is 3.32. The van der Waals surface area contributed by atoms with Crippen LogP contribution in [0.15, 0.2) is 39.8 Å². The molecular formula is C12H12N2O5S. The first-order valence-electron chi connectivity index (χ1n) is 5.51. The van der Waals surface area contributed by atoms with Gasteiger partial charge in [-0.15, -0.1) is 0 Å². The Bertz CT molecular complexity index is 764. The third kappa shape index (κ3) is 2.98. The van der Waals surface area contributed by atoms with E-state index in [2.05, 4.69) is 5.32 Å². The van der Waals surface area contributed by atoms with E-state index in [0.717, 1.165) is 6.07 Å². The minimum atomic E-state index is -3.98. The maximum atomic E-state index is 11.9. The van der Waals surface area contributed by atoms with E-state index >= 15 is 0 Å². The topological polar surface area (TPSA) is 123 Å². The van der Waals surface area contributed by atoms with E-state index < -0.39 is 21.0 Å². The molecule has 0 radical (unpaired) electrons. The van der Waals surface area contributed by atoms with Gasteiger partial charge in [-0.1, -0.05) is 0 Å². The fourth-order valence-electron chi connectivity index (χ4n) is 1.57. The van der Waals surface area contributed by atoms with Crippen molar-refractivity contribution in [3.63, 3.8) is 0 Å². The molecule has 0 atom stereocenters. The predicted octanol–water partition coefficient (Wildman–Crippen LogP) is 1.19. The number of sulfonamides is 1. The molecule has 0 unspecified atom stereocenters. The van der Waals surface area contributed by atoms with Crippen LogP contribution in [0.2, 0.25) is 0 Å². The standard InChI is InChI=1S/C12H12N2O5S/c1-7-6-8(15)2-3-9(7)14-12(16)10-4-5-11(19-10)20(13,17)18/h2-6,15H,1H3,(H,14,16)(H2,13,17,18). The number of phenols is 1. The van der Waals surface area contributed by atoms with Crippen molar-refractivity contribution in [1.29, 1.82) is 0 Å². The van der Waals surface area contributed by atoms with Crippen LogP contribution in [0.1, 0.15) is 16.1 Å². The normalized spacial score (nSPS) is 11.3. The number of hydrogen-bond donors (Lipinski definition) is 3. The van der Waals surface area contributed by atoms with Crippen molar-refractivity contribution in [2.24, 2.45) is 5.14 Å². The van der Waals surface area contributed by atoms with Crippen molar-refractivity contribution in [2.45, 2.75) is 12.0 Å². The van der Waals surface area contributed by atoms with Crippen molar-refractivity contribution in [2.75, 3.05) is 5.32 Å². The predicted molar refractivity (Wildman–Crippen MR) is 70.9 cm³/mol. The number of nitrogens with one attached hydrogen (secondary N) is 1. The van der Waals surface area contributed by atoms with E-state index in [1.807, 2.05) is 0 Å². The zero-order valence-corrected chi connectivity index (χ0v) is 11.3. The van der Waals surface area contributed by atoms with Crippen molar-refractivity contribution in [1.82, 2.24) is 0 Å². The van der Waals surface area contributed by atoms with Crippen LogP contribution >= 0.6 is 0 Å². The molecule has 0 fully saturated rings. The summed E-state index contributed by atoms with van der Waals surface area (Å²) in [4.78, 5) is 11.9. The van der Waals surface area contributed by atoms with Crippen molar-refractivity contribution >= 4 is 21.6 Å². The fourth-order valence-corrected chi connectivity index (χ4v) is 2.03. The first kappa shape index (κ1) is 14.1. The second-order valence-corrected chi connectivity index (χ2v) is 5.61. The van der Waals surface area contributed by atoms with Gasteiger partial charge in [0, 0.05) is 5.69 Å². The number of carbonyl (C=O) groups is 1. The number of amides is 1. The van der Waals surface area contributed by atoms with Gasteiger partial charge in [0.05, 0.1) is 0 Å². The van der Waals surface area contributed by atoms with E-state index in [0.29, 0.717) is 11.3 Å². The zero-order valence-electron chi connectivity index (χ0n) is 10.5. The molecule has 1 heterocycles. The molecule has 7 nitrogen and oxygen atoms in total. The van der Waals surface area contributed by atoms with E-state index in [1.165, 1.54) is 24.3 Å². The number of nitrogens with two attached hydrogens (primary N) is 1. The summed E-state index contributed by atoms with van der Waals surface area (Å²) in [5, 5.41) is 16.2. The number of benzene rings is 1. The van der Waals surface area contributed by atoms with Gasteiger partial charge in [0.25, 0.3) is 15.9 Å². The van der Waals surface area contributed by atoms with Gasteiger partial charge in [0.1, 0.15) is 5.75 Å². The van der Waals surface area contributed by atoms with Crippen LogP contribution in [0.4, 0.5) is 5.69 Å². The Hall–Kier alpha value is -2.32. The van der Waals surface area contributed by atoms with Gasteiger partial charge in [-0.2, -0.15) is 0 Å². The molecule has 2 aromatic rings. The van der Waals surface area contributed by atoms with Crippen molar-refractivity contribution < 1.29 is 22.7 Å². The number of rotatable bonds is 3. The van der Waals surface area contributed by atoms with Crippen molar-refractivity contribution in [3.05, 3.63) is 41.7 Å². The molecule has 20 heavy (non-hydrogen) atoms. The summed E-state index contributed by atoms with van der Waals surface area (Å²) in [5.41, 5.74) is 1.12. The van der Waals surface area contributed by atoms with Gasteiger partial charge in [-0.05, 0) is 42.8 Å². The number of phenolic OH excluding ortho intramolecular Hbond substituents is 1. The highest BCUT2D eigenvalue weighted by atomic mass is 32.2. The fraction of sp³-hybridized carbons (Fsp3) is 0.0833. The third-order valence-electron chi connectivity index (χ3n) is 2.54. The summed E-state index contributed by atoms with van der Waals surface area (Å²) in [6.07, 6.45) is 0. The van der Waals surface area contributed by atoms with Gasteiger partial charge in [0.15, 0.2) is 5.76 Å². The maximum absolute atomic E-state index is 11.9. The molecule has 0 saturated heterocycles. The largest absolute Gasteiger partial charge is 0.508 e. The molecule has 106 valence electrons. The average molecular weight is 296 g/mol. The zero-order chi connectivity index (χ0) is 14.9. The summed E-state index contributed by atoms with van der Waals surface area (Å²) in [7, 11) is -3.98. The van der Waals surface area contributed by atoms with Gasteiger partial charge in [0.2, 0.25) is 5.09 Å². The monoisotopic (exact) mass is 296 g/mol. The van der Waals surface area contributed by atoms with Crippen LogP contribution in [-0.2, 0) is 10.0 Å². The number of aromatic hydroxyl groups is 1.